The molecule has 36 heavy (non-hydrogen) atoms. The monoisotopic (exact) mass is 493 g/mol. The van der Waals surface area contributed by atoms with E-state index in [-0.39, 0.29) is 17.5 Å². The van der Waals surface area contributed by atoms with E-state index in [2.05, 4.69) is 15.2 Å². The fourth-order valence-corrected chi connectivity index (χ4v) is 4.56. The van der Waals surface area contributed by atoms with Gasteiger partial charge in [0.05, 0.1) is 11.3 Å². The van der Waals surface area contributed by atoms with Crippen LogP contribution in [0.1, 0.15) is 29.7 Å². The van der Waals surface area contributed by atoms with E-state index in [1.807, 2.05) is 54.8 Å². The summed E-state index contributed by atoms with van der Waals surface area (Å²) in [5, 5.41) is 7.47. The minimum Gasteiger partial charge on any atom is -0.356 e. The lowest BCUT2D eigenvalue weighted by Gasteiger charge is -2.33. The van der Waals surface area contributed by atoms with Crippen LogP contribution >= 0.6 is 0 Å². The number of benzene rings is 2. The van der Waals surface area contributed by atoms with Crippen LogP contribution in [0.25, 0.3) is 16.9 Å². The summed E-state index contributed by atoms with van der Waals surface area (Å²) >= 11 is 0. The number of rotatable bonds is 4. The number of carbonyl (C=O) groups excluding carboxylic acids is 1. The van der Waals surface area contributed by atoms with E-state index in [0.29, 0.717) is 25.9 Å². The molecule has 0 unspecified atom stereocenters. The molecule has 5 rings (SSSR count). The Morgan fingerprint density at radius 1 is 1.00 bits per heavy atom. The van der Waals surface area contributed by atoms with Crippen LogP contribution in [-0.2, 0) is 11.0 Å². The van der Waals surface area contributed by atoms with Crippen LogP contribution in [0.5, 0.6) is 0 Å². The predicted molar refractivity (Wildman–Crippen MR) is 133 cm³/mol. The third kappa shape index (κ3) is 4.91. The van der Waals surface area contributed by atoms with Gasteiger partial charge in [-0.3, -0.25) is 4.79 Å². The van der Waals surface area contributed by atoms with Gasteiger partial charge in [0.25, 0.3) is 0 Å². The Bertz CT molecular complexity index is 1400. The van der Waals surface area contributed by atoms with Crippen molar-refractivity contribution in [1.29, 1.82) is 0 Å². The van der Waals surface area contributed by atoms with Crippen LogP contribution < -0.4 is 10.2 Å². The largest absolute Gasteiger partial charge is 0.416 e. The van der Waals surface area contributed by atoms with Gasteiger partial charge < -0.3 is 10.2 Å². The van der Waals surface area contributed by atoms with Crippen LogP contribution in [0, 0.1) is 19.8 Å². The Hall–Kier alpha value is -3.88. The summed E-state index contributed by atoms with van der Waals surface area (Å²) in [6, 6.07) is 16.9. The Kier molecular flexibility index (Phi) is 6.15. The smallest absolute Gasteiger partial charge is 0.356 e. The molecule has 0 aliphatic carbocycles. The van der Waals surface area contributed by atoms with Crippen molar-refractivity contribution in [2.24, 2.45) is 5.92 Å². The van der Waals surface area contributed by atoms with E-state index < -0.39 is 11.7 Å². The zero-order valence-corrected chi connectivity index (χ0v) is 20.0. The molecule has 1 amide bonds. The van der Waals surface area contributed by atoms with Crippen LogP contribution in [0.15, 0.2) is 60.7 Å². The minimum atomic E-state index is -4.45. The minimum absolute atomic E-state index is 0.156. The maximum Gasteiger partial charge on any atom is 0.416 e. The average Bonchev–Trinajstić information content (AvgIpc) is 3.27. The molecule has 2 aromatic heterocycles. The number of aromatic nitrogens is 3. The Morgan fingerprint density at radius 2 is 1.72 bits per heavy atom. The van der Waals surface area contributed by atoms with Crippen molar-refractivity contribution in [2.75, 3.05) is 23.3 Å². The number of halogens is 3. The molecule has 0 atom stereocenters. The van der Waals surface area contributed by atoms with E-state index in [1.54, 1.807) is 0 Å². The number of anilines is 2. The molecule has 0 spiro atoms. The van der Waals surface area contributed by atoms with Crippen LogP contribution in [-0.4, -0.2) is 33.6 Å². The van der Waals surface area contributed by atoms with Crippen molar-refractivity contribution in [1.82, 2.24) is 14.6 Å². The standard InChI is InChI=1S/C27H26F3N5O/c1-17-6-8-19(9-7-17)23-16-24-31-18(2)14-25(35(24)33-23)34-12-10-20(11-13-34)26(36)32-22-5-3-4-21(15-22)27(28,29)30/h3-9,14-16,20H,10-13H2,1-2H3,(H,32,36). The first-order chi connectivity index (χ1) is 17.2. The summed E-state index contributed by atoms with van der Waals surface area (Å²) in [4.78, 5) is 19.6. The molecule has 2 aromatic carbocycles. The fraction of sp³-hybridized carbons (Fsp3) is 0.296. The van der Waals surface area contributed by atoms with Gasteiger partial charge in [-0.05, 0) is 44.9 Å². The second-order valence-electron chi connectivity index (χ2n) is 9.25. The SMILES string of the molecule is Cc1ccc(-c2cc3nc(C)cc(N4CCC(C(=O)Nc5cccc(C(F)(F)F)c5)CC4)n3n2)cc1. The average molecular weight is 494 g/mol. The molecule has 6 nitrogen and oxygen atoms in total. The Balaban J connectivity index is 1.30. The highest BCUT2D eigenvalue weighted by Gasteiger charge is 2.31. The molecule has 1 fully saturated rings. The zero-order valence-electron chi connectivity index (χ0n) is 20.0. The van der Waals surface area contributed by atoms with Gasteiger partial charge in [-0.1, -0.05) is 35.9 Å². The molecule has 0 saturated carbocycles. The fourth-order valence-electron chi connectivity index (χ4n) is 4.56. The van der Waals surface area contributed by atoms with Gasteiger partial charge in [-0.15, -0.1) is 0 Å². The number of carbonyl (C=O) groups is 1. The summed E-state index contributed by atoms with van der Waals surface area (Å²) in [5.41, 5.74) is 4.03. The predicted octanol–water partition coefficient (Wildman–Crippen LogP) is 5.89. The van der Waals surface area contributed by atoms with Crippen molar-refractivity contribution < 1.29 is 18.0 Å². The van der Waals surface area contributed by atoms with Gasteiger partial charge >= 0.3 is 6.18 Å². The Morgan fingerprint density at radius 3 is 2.42 bits per heavy atom. The second-order valence-corrected chi connectivity index (χ2v) is 9.25. The van der Waals surface area contributed by atoms with Crippen LogP contribution in [0.4, 0.5) is 24.7 Å². The topological polar surface area (TPSA) is 62.5 Å². The molecule has 9 heteroatoms. The summed E-state index contributed by atoms with van der Waals surface area (Å²) in [6.07, 6.45) is -3.29. The van der Waals surface area contributed by atoms with Gasteiger partial charge in [0.1, 0.15) is 5.82 Å². The number of fused-ring (bicyclic) bond motifs is 1. The summed E-state index contributed by atoms with van der Waals surface area (Å²) in [5.74, 6) is 0.369. The first-order valence-corrected chi connectivity index (χ1v) is 11.8. The van der Waals surface area contributed by atoms with E-state index in [0.717, 1.165) is 40.5 Å². The molecule has 3 heterocycles. The number of aryl methyl sites for hydroxylation is 2. The van der Waals surface area contributed by atoms with Gasteiger partial charge in [0.2, 0.25) is 5.91 Å². The van der Waals surface area contributed by atoms with Crippen molar-refractivity contribution in [3.63, 3.8) is 0 Å². The number of nitrogens with zero attached hydrogens (tertiary/aromatic N) is 4. The number of nitrogens with one attached hydrogen (secondary N) is 1. The maximum atomic E-state index is 13.0. The first-order valence-electron chi connectivity index (χ1n) is 11.8. The molecule has 186 valence electrons. The molecule has 0 radical (unpaired) electrons. The van der Waals surface area contributed by atoms with Gasteiger partial charge in [0.15, 0.2) is 5.65 Å². The van der Waals surface area contributed by atoms with Crippen molar-refractivity contribution >= 4 is 23.1 Å². The van der Waals surface area contributed by atoms with E-state index in [9.17, 15) is 18.0 Å². The third-order valence-corrected chi connectivity index (χ3v) is 6.53. The highest BCUT2D eigenvalue weighted by Crippen LogP contribution is 2.31. The number of hydrogen-bond donors (Lipinski definition) is 1. The van der Waals surface area contributed by atoms with Crippen molar-refractivity contribution in [3.8, 4) is 11.3 Å². The molecule has 4 aromatic rings. The highest BCUT2D eigenvalue weighted by molar-refractivity contribution is 5.92. The van der Waals surface area contributed by atoms with Crippen LogP contribution in [0.2, 0.25) is 0 Å². The number of hydrogen-bond acceptors (Lipinski definition) is 4. The first kappa shape index (κ1) is 23.8. The normalized spacial score (nSPS) is 14.9. The quantitative estimate of drug-likeness (QED) is 0.385. The van der Waals surface area contributed by atoms with E-state index >= 15 is 0 Å². The molecular weight excluding hydrogens is 467 g/mol. The lowest BCUT2D eigenvalue weighted by molar-refractivity contribution is -0.137. The highest BCUT2D eigenvalue weighted by atomic mass is 19.4. The van der Waals surface area contributed by atoms with Gasteiger partial charge in [-0.25, -0.2) is 4.98 Å². The molecule has 1 saturated heterocycles. The van der Waals surface area contributed by atoms with Crippen molar-refractivity contribution in [2.45, 2.75) is 32.9 Å². The van der Waals surface area contributed by atoms with Crippen molar-refractivity contribution in [3.05, 3.63) is 77.5 Å². The second kappa shape index (κ2) is 9.29. The number of amides is 1. The molecular formula is C27H26F3N5O. The molecule has 1 aliphatic heterocycles. The summed E-state index contributed by atoms with van der Waals surface area (Å²) in [7, 11) is 0. The number of alkyl halides is 3. The van der Waals surface area contributed by atoms with Gasteiger partial charge in [-0.2, -0.15) is 22.8 Å². The zero-order chi connectivity index (χ0) is 25.4. The van der Waals surface area contributed by atoms with E-state index in [1.165, 1.54) is 17.7 Å². The maximum absolute atomic E-state index is 13.0. The van der Waals surface area contributed by atoms with Crippen LogP contribution in [0.3, 0.4) is 0 Å². The Labute approximate surface area is 206 Å². The van der Waals surface area contributed by atoms with E-state index in [4.69, 9.17) is 5.10 Å². The third-order valence-electron chi connectivity index (χ3n) is 6.53. The summed E-state index contributed by atoms with van der Waals surface area (Å²) in [6.45, 7) is 5.23. The molecule has 0 bridgehead atoms. The molecule has 1 aliphatic rings. The summed E-state index contributed by atoms with van der Waals surface area (Å²) < 4.78 is 40.8. The number of piperidine rings is 1. The van der Waals surface area contributed by atoms with Gasteiger partial charge in [0, 0.05) is 48.1 Å². The molecule has 1 N–H and O–H groups in total. The lowest BCUT2D eigenvalue weighted by Crippen LogP contribution is -2.39. The lowest BCUT2D eigenvalue weighted by atomic mass is 9.95.